The molecule has 170 valence electrons. The number of sulfone groups is 1. The Morgan fingerprint density at radius 3 is 2.21 bits per heavy atom. The third kappa shape index (κ3) is 6.05. The largest absolute Gasteiger partial charge is 0.478 e. The van der Waals surface area contributed by atoms with Gasteiger partial charge < -0.3 is 15.5 Å². The Morgan fingerprint density at radius 1 is 1.03 bits per heavy atom. The van der Waals surface area contributed by atoms with Gasteiger partial charge in [-0.2, -0.15) is 5.26 Å². The monoisotopic (exact) mass is 464 g/mol. The second kappa shape index (κ2) is 10.4. The molecule has 0 saturated carbocycles. The van der Waals surface area contributed by atoms with Gasteiger partial charge in [-0.3, -0.25) is 0 Å². The van der Waals surface area contributed by atoms with Gasteiger partial charge in [-0.05, 0) is 73.0 Å². The molecule has 3 aromatic rings. The number of rotatable bonds is 9. The molecule has 3 N–H and O–H groups in total. The van der Waals surface area contributed by atoms with E-state index < -0.39 is 21.9 Å². The van der Waals surface area contributed by atoms with E-state index in [0.717, 1.165) is 5.56 Å². The summed E-state index contributed by atoms with van der Waals surface area (Å²) in [5.41, 5.74) is 2.11. The van der Waals surface area contributed by atoms with Crippen molar-refractivity contribution >= 4 is 15.8 Å². The maximum absolute atomic E-state index is 12.8. The van der Waals surface area contributed by atoms with E-state index in [9.17, 15) is 18.3 Å². The van der Waals surface area contributed by atoms with Crippen LogP contribution in [0.2, 0.25) is 0 Å². The predicted molar refractivity (Wildman–Crippen MR) is 123 cm³/mol. The molecule has 0 radical (unpaired) electrons. The Kier molecular flexibility index (Phi) is 7.61. The van der Waals surface area contributed by atoms with Crippen LogP contribution < -0.4 is 5.32 Å². The zero-order chi connectivity index (χ0) is 24.0. The van der Waals surface area contributed by atoms with Gasteiger partial charge in [0.25, 0.3) is 0 Å². The second-order valence-electron chi connectivity index (χ2n) is 7.74. The van der Waals surface area contributed by atoms with E-state index in [4.69, 9.17) is 10.4 Å². The first-order valence-electron chi connectivity index (χ1n) is 10.3. The number of benzene rings is 3. The van der Waals surface area contributed by atoms with Crippen molar-refractivity contribution in [2.45, 2.75) is 35.3 Å². The number of nitriles is 1. The summed E-state index contributed by atoms with van der Waals surface area (Å²) >= 11 is 0. The Hall–Kier alpha value is -3.51. The van der Waals surface area contributed by atoms with Crippen LogP contribution in [-0.2, 0) is 16.3 Å². The fourth-order valence-corrected chi connectivity index (χ4v) is 4.65. The number of carboxylic acid groups (broad SMARTS) is 1. The normalized spacial score (nSPS) is 13.1. The van der Waals surface area contributed by atoms with Crippen molar-refractivity contribution in [2.24, 2.45) is 0 Å². The summed E-state index contributed by atoms with van der Waals surface area (Å²) in [6, 6.07) is 20.6. The summed E-state index contributed by atoms with van der Waals surface area (Å²) < 4.78 is 25.6. The molecule has 0 aromatic heterocycles. The third-order valence-electron chi connectivity index (χ3n) is 5.25. The number of nitrogens with zero attached hydrogens (tertiary/aromatic N) is 1. The highest BCUT2D eigenvalue weighted by atomic mass is 32.2. The van der Waals surface area contributed by atoms with Crippen molar-refractivity contribution in [3.63, 3.8) is 0 Å². The van der Waals surface area contributed by atoms with Gasteiger partial charge in [0, 0.05) is 12.6 Å². The number of aliphatic hydroxyl groups excluding tert-OH is 1. The predicted octanol–water partition coefficient (Wildman–Crippen LogP) is 3.34. The molecule has 0 bridgehead atoms. The SMILES string of the molecule is C[C@H](Cc1ccc(S(=O)(=O)c2ccc(C(=O)O)cc2)cc1)NC[C@H](O)c1cccc(C#N)c1. The lowest BCUT2D eigenvalue weighted by molar-refractivity contribution is 0.0696. The Balaban J connectivity index is 1.60. The van der Waals surface area contributed by atoms with Crippen molar-refractivity contribution in [1.29, 1.82) is 5.26 Å². The van der Waals surface area contributed by atoms with E-state index in [2.05, 4.69) is 11.4 Å². The zero-order valence-electron chi connectivity index (χ0n) is 18.0. The minimum atomic E-state index is -3.75. The average Bonchev–Trinajstić information content (AvgIpc) is 2.83. The van der Waals surface area contributed by atoms with E-state index >= 15 is 0 Å². The smallest absolute Gasteiger partial charge is 0.335 e. The molecule has 33 heavy (non-hydrogen) atoms. The van der Waals surface area contributed by atoms with Gasteiger partial charge in [0.1, 0.15) is 0 Å². The van der Waals surface area contributed by atoms with Crippen LogP contribution in [0.3, 0.4) is 0 Å². The molecule has 0 aliphatic rings. The fourth-order valence-electron chi connectivity index (χ4n) is 3.39. The van der Waals surface area contributed by atoms with E-state index in [1.54, 1.807) is 36.4 Å². The van der Waals surface area contributed by atoms with Gasteiger partial charge in [-0.15, -0.1) is 0 Å². The van der Waals surface area contributed by atoms with E-state index in [1.165, 1.54) is 36.4 Å². The zero-order valence-corrected chi connectivity index (χ0v) is 18.8. The highest BCUT2D eigenvalue weighted by Crippen LogP contribution is 2.22. The number of carboxylic acids is 1. The molecule has 2 atom stereocenters. The third-order valence-corrected chi connectivity index (χ3v) is 7.03. The van der Waals surface area contributed by atoms with Crippen molar-refractivity contribution < 1.29 is 23.4 Å². The summed E-state index contributed by atoms with van der Waals surface area (Å²) in [7, 11) is -3.75. The summed E-state index contributed by atoms with van der Waals surface area (Å²) in [4.78, 5) is 11.1. The first kappa shape index (κ1) is 24.1. The van der Waals surface area contributed by atoms with Crippen molar-refractivity contribution in [1.82, 2.24) is 5.32 Å². The summed E-state index contributed by atoms with van der Waals surface area (Å²) in [6.45, 7) is 2.28. The van der Waals surface area contributed by atoms with Gasteiger partial charge in [0.15, 0.2) is 0 Å². The molecule has 0 saturated heterocycles. The number of hydrogen-bond donors (Lipinski definition) is 3. The number of nitrogens with one attached hydrogen (secondary N) is 1. The van der Waals surface area contributed by atoms with Gasteiger partial charge in [-0.25, -0.2) is 13.2 Å². The van der Waals surface area contributed by atoms with Crippen LogP contribution in [0.4, 0.5) is 0 Å². The Morgan fingerprint density at radius 2 is 1.64 bits per heavy atom. The lowest BCUT2D eigenvalue weighted by Crippen LogP contribution is -2.32. The van der Waals surface area contributed by atoms with Crippen LogP contribution >= 0.6 is 0 Å². The van der Waals surface area contributed by atoms with Crippen LogP contribution in [0.5, 0.6) is 0 Å². The number of aromatic carboxylic acids is 1. The topological polar surface area (TPSA) is 127 Å². The van der Waals surface area contributed by atoms with E-state index in [0.29, 0.717) is 24.1 Å². The summed E-state index contributed by atoms with van der Waals surface area (Å²) in [5.74, 6) is -1.12. The summed E-state index contributed by atoms with van der Waals surface area (Å²) in [5, 5.41) is 31.6. The Bertz CT molecular complexity index is 1260. The van der Waals surface area contributed by atoms with Gasteiger partial charge in [0.05, 0.1) is 33.1 Å². The van der Waals surface area contributed by atoms with Crippen LogP contribution in [0.15, 0.2) is 82.6 Å². The molecular weight excluding hydrogens is 440 g/mol. The van der Waals surface area contributed by atoms with E-state index in [1.807, 2.05) is 6.92 Å². The Labute approximate surface area is 192 Å². The second-order valence-corrected chi connectivity index (χ2v) is 9.69. The van der Waals surface area contributed by atoms with Crippen LogP contribution in [0, 0.1) is 11.3 Å². The first-order valence-corrected chi connectivity index (χ1v) is 11.8. The average molecular weight is 465 g/mol. The lowest BCUT2D eigenvalue weighted by Gasteiger charge is -2.18. The van der Waals surface area contributed by atoms with Crippen LogP contribution in [0.25, 0.3) is 0 Å². The molecule has 0 fully saturated rings. The van der Waals surface area contributed by atoms with Crippen molar-refractivity contribution in [3.05, 3.63) is 95.1 Å². The minimum absolute atomic E-state index is 0.0184. The fraction of sp³-hybridized carbons (Fsp3) is 0.200. The molecular formula is C25H24N2O5S. The molecule has 7 nitrogen and oxygen atoms in total. The molecule has 3 aromatic carbocycles. The van der Waals surface area contributed by atoms with Crippen LogP contribution in [0.1, 0.15) is 40.1 Å². The van der Waals surface area contributed by atoms with Gasteiger partial charge in [0.2, 0.25) is 9.84 Å². The molecule has 0 aliphatic heterocycles. The molecule has 0 spiro atoms. The summed E-state index contributed by atoms with van der Waals surface area (Å²) in [6.07, 6.45) is -0.126. The highest BCUT2D eigenvalue weighted by Gasteiger charge is 2.18. The van der Waals surface area contributed by atoms with E-state index in [-0.39, 0.29) is 21.4 Å². The van der Waals surface area contributed by atoms with Crippen molar-refractivity contribution in [3.8, 4) is 6.07 Å². The first-order chi connectivity index (χ1) is 15.7. The number of carbonyl (C=O) groups is 1. The molecule has 0 aliphatic carbocycles. The van der Waals surface area contributed by atoms with Gasteiger partial charge in [-0.1, -0.05) is 24.3 Å². The number of aliphatic hydroxyl groups is 1. The van der Waals surface area contributed by atoms with Crippen molar-refractivity contribution in [2.75, 3.05) is 6.54 Å². The molecule has 8 heteroatoms. The standard InChI is InChI=1S/C25H24N2O5S/c1-17(27-16-24(28)21-4-2-3-19(14-21)15-26)13-18-5-9-22(10-6-18)33(31,32)23-11-7-20(8-12-23)25(29)30/h2-12,14,17,24,27-28H,13,16H2,1H3,(H,29,30)/t17-,24+/m1/s1. The minimum Gasteiger partial charge on any atom is -0.478 e. The molecule has 0 unspecified atom stereocenters. The quantitative estimate of drug-likeness (QED) is 0.443. The highest BCUT2D eigenvalue weighted by molar-refractivity contribution is 7.91. The molecule has 0 amide bonds. The maximum Gasteiger partial charge on any atom is 0.335 e. The van der Waals surface area contributed by atoms with Crippen LogP contribution in [-0.4, -0.2) is 37.2 Å². The molecule has 3 rings (SSSR count). The van der Waals surface area contributed by atoms with Gasteiger partial charge >= 0.3 is 5.97 Å². The molecule has 0 heterocycles. The lowest BCUT2D eigenvalue weighted by atomic mass is 10.0. The maximum atomic E-state index is 12.8. The number of hydrogen-bond acceptors (Lipinski definition) is 6.